The summed E-state index contributed by atoms with van der Waals surface area (Å²) in [5, 5.41) is 5.19. The molecule has 0 amide bonds. The summed E-state index contributed by atoms with van der Waals surface area (Å²) in [5.74, 6) is 2.55. The molecule has 0 saturated heterocycles. The second kappa shape index (κ2) is 5.35. The van der Waals surface area contributed by atoms with E-state index in [1.807, 2.05) is 36.4 Å². The zero-order chi connectivity index (χ0) is 19.9. The van der Waals surface area contributed by atoms with E-state index in [0.29, 0.717) is 0 Å². The Hall–Kier alpha value is -3.06. The van der Waals surface area contributed by atoms with Crippen LogP contribution in [0.3, 0.4) is 0 Å². The van der Waals surface area contributed by atoms with Gasteiger partial charge < -0.3 is 0 Å². The number of hydrogen-bond acceptors (Lipinski definition) is 2. The molecule has 4 aromatic carbocycles. The number of benzene rings is 4. The Labute approximate surface area is 179 Å². The molecule has 0 unspecified atom stereocenters. The predicted molar refractivity (Wildman–Crippen MR) is 125 cm³/mol. The zero-order valence-corrected chi connectivity index (χ0v) is 17.5. The number of para-hydroxylation sites is 3. The van der Waals surface area contributed by atoms with Crippen LogP contribution in [0, 0.1) is 0 Å². The van der Waals surface area contributed by atoms with Crippen LogP contribution in [0.4, 0.5) is 0 Å². The summed E-state index contributed by atoms with van der Waals surface area (Å²) in [6, 6.07) is 33.2. The number of fused-ring (bicyclic) bond motifs is 5. The maximum atomic E-state index is 7.31. The fraction of sp³-hybridized carbons (Fsp3) is 0. The molecule has 30 heavy (non-hydrogen) atoms. The predicted octanol–water partition coefficient (Wildman–Crippen LogP) is 6.01. The van der Waals surface area contributed by atoms with Gasteiger partial charge in [0.05, 0.1) is 0 Å². The minimum absolute atomic E-state index is 0.778. The Morgan fingerprint density at radius 1 is 0.533 bits per heavy atom. The van der Waals surface area contributed by atoms with Crippen LogP contribution >= 0.6 is 18.4 Å². The number of hydrogen-bond donors (Lipinski definition) is 0. The van der Waals surface area contributed by atoms with Crippen LogP contribution in [0.5, 0.6) is 17.2 Å². The first kappa shape index (κ1) is 16.7. The van der Waals surface area contributed by atoms with E-state index in [9.17, 15) is 0 Å². The monoisotopic (exact) mass is 426 g/mol. The normalized spacial score (nSPS) is 19.3. The van der Waals surface area contributed by atoms with Crippen LogP contribution in [-0.2, 0) is 0 Å². The van der Waals surface area contributed by atoms with Gasteiger partial charge in [0.15, 0.2) is 0 Å². The first-order chi connectivity index (χ1) is 14.8. The second-order valence-electron chi connectivity index (χ2n) is 7.84. The molecular weight excluding hydrogens is 411 g/mol. The van der Waals surface area contributed by atoms with Crippen LogP contribution in [-0.4, -0.2) is 0 Å². The Bertz CT molecular complexity index is 1390. The average Bonchev–Trinajstić information content (AvgIpc) is 3.22. The number of rotatable bonds is 0. The van der Waals surface area contributed by atoms with Gasteiger partial charge in [0.2, 0.25) is 0 Å². The molecule has 0 aromatic heterocycles. The van der Waals surface area contributed by atoms with Gasteiger partial charge in [-0.1, -0.05) is 0 Å². The fourth-order valence-corrected chi connectivity index (χ4v) is 12.7. The number of halogens is 1. The van der Waals surface area contributed by atoms with E-state index in [1.54, 1.807) is 0 Å². The van der Waals surface area contributed by atoms with Crippen molar-refractivity contribution in [1.82, 2.24) is 0 Å². The van der Waals surface area contributed by atoms with Gasteiger partial charge in [-0.05, 0) is 0 Å². The molecule has 4 aromatic rings. The van der Waals surface area contributed by atoms with Gasteiger partial charge in [-0.15, -0.1) is 0 Å². The molecule has 2 nitrogen and oxygen atoms in total. The van der Waals surface area contributed by atoms with Crippen LogP contribution in [0.15, 0.2) is 97.1 Å². The first-order valence-electron chi connectivity index (χ1n) is 9.94. The quantitative estimate of drug-likeness (QED) is 0.321. The Kier molecular flexibility index (Phi) is 2.98. The van der Waals surface area contributed by atoms with Gasteiger partial charge >= 0.3 is 179 Å². The summed E-state index contributed by atoms with van der Waals surface area (Å²) in [5.41, 5.74) is 2.12. The topological polar surface area (TPSA) is 18.5 Å². The van der Waals surface area contributed by atoms with Crippen LogP contribution in [0.25, 0.3) is 10.3 Å². The summed E-state index contributed by atoms with van der Waals surface area (Å²) < 4.78 is 13.7. The van der Waals surface area contributed by atoms with Crippen molar-refractivity contribution in [2.45, 2.75) is 0 Å². The van der Waals surface area contributed by atoms with Crippen LogP contribution < -0.4 is 25.2 Å². The summed E-state index contributed by atoms with van der Waals surface area (Å²) >= 11 is 7.21. The number of ether oxygens (including phenoxy) is 1. The molecule has 0 saturated carbocycles. The van der Waals surface area contributed by atoms with E-state index in [2.05, 4.69) is 60.7 Å². The molecule has 0 N–H and O–H groups in total. The molecule has 0 fully saturated rings. The van der Waals surface area contributed by atoms with Crippen molar-refractivity contribution >= 4 is 44.7 Å². The van der Waals surface area contributed by atoms with Crippen molar-refractivity contribution in [3.63, 3.8) is 0 Å². The van der Waals surface area contributed by atoms with Crippen molar-refractivity contribution < 1.29 is 9.26 Å². The molecule has 0 bridgehead atoms. The van der Waals surface area contributed by atoms with Gasteiger partial charge in [-0.25, -0.2) is 0 Å². The summed E-state index contributed by atoms with van der Waals surface area (Å²) in [7, 11) is 0. The Balaban J connectivity index is 1.81. The molecule has 3 heterocycles. The van der Waals surface area contributed by atoms with E-state index in [0.717, 1.165) is 54.6 Å². The first-order valence-corrected chi connectivity index (χ1v) is 12.5. The minimum atomic E-state index is -3.57. The Morgan fingerprint density at radius 3 is 1.70 bits per heavy atom. The van der Waals surface area contributed by atoms with Gasteiger partial charge in [0.1, 0.15) is 0 Å². The second-order valence-corrected chi connectivity index (χ2v) is 12.4. The zero-order valence-electron chi connectivity index (χ0n) is 15.9. The third-order valence-electron chi connectivity index (χ3n) is 6.53. The molecule has 0 radical (unpaired) electrons. The van der Waals surface area contributed by atoms with E-state index < -0.39 is 6.83 Å². The van der Waals surface area contributed by atoms with Gasteiger partial charge in [-0.2, -0.15) is 0 Å². The molecule has 0 aliphatic carbocycles. The van der Waals surface area contributed by atoms with E-state index in [4.69, 9.17) is 20.9 Å². The van der Waals surface area contributed by atoms with Crippen molar-refractivity contribution in [3.8, 4) is 17.2 Å². The van der Waals surface area contributed by atoms with Gasteiger partial charge in [0.25, 0.3) is 0 Å². The fourth-order valence-electron chi connectivity index (χ4n) is 5.49. The van der Waals surface area contributed by atoms with Gasteiger partial charge in [-0.3, -0.25) is 0 Å². The average molecular weight is 427 g/mol. The maximum absolute atomic E-state index is 7.31. The molecule has 3 aliphatic rings. The van der Waals surface area contributed by atoms with Crippen LogP contribution in [0.1, 0.15) is 11.1 Å². The van der Waals surface area contributed by atoms with E-state index in [-0.39, 0.29) is 0 Å². The van der Waals surface area contributed by atoms with Crippen molar-refractivity contribution in [2.75, 3.05) is 0 Å². The molecule has 1 spiro atoms. The molecule has 4 heteroatoms. The molecule has 0 atom stereocenters. The summed E-state index contributed by atoms with van der Waals surface area (Å²) in [6.07, 6.45) is 0. The molecule has 3 aliphatic heterocycles. The Morgan fingerprint density at radius 2 is 1.03 bits per heavy atom. The molecular formula is C26H16ClO2P. The summed E-state index contributed by atoms with van der Waals surface area (Å²) in [6.45, 7) is -3.57. The van der Waals surface area contributed by atoms with Crippen LogP contribution in [0.2, 0.25) is 0 Å². The SMILES string of the molecule is ClC1=C2c3ccccc3OP23(c2ccccc2Oc2ccccc23)c2ccccc21. The van der Waals surface area contributed by atoms with E-state index >= 15 is 0 Å². The third-order valence-corrected chi connectivity index (χ3v) is 12.8. The third kappa shape index (κ3) is 1.59. The van der Waals surface area contributed by atoms with Crippen molar-refractivity contribution in [2.24, 2.45) is 0 Å². The summed E-state index contributed by atoms with van der Waals surface area (Å²) in [4.78, 5) is 0. The van der Waals surface area contributed by atoms with E-state index in [1.165, 1.54) is 0 Å². The van der Waals surface area contributed by atoms with Gasteiger partial charge in [0, 0.05) is 0 Å². The molecule has 144 valence electrons. The van der Waals surface area contributed by atoms with Crippen molar-refractivity contribution in [1.29, 1.82) is 0 Å². The molecule has 7 rings (SSSR count). The van der Waals surface area contributed by atoms with Crippen molar-refractivity contribution in [3.05, 3.63) is 108 Å². The standard InChI is InChI=1S/C26H16ClO2P/c27-25-18-10-2-6-14-22(18)30(26(25)17-9-1-3-11-19(17)29-30)23-15-7-4-12-20(23)28-21-13-5-8-16-24(21)30/h1-16H.